The van der Waals surface area contributed by atoms with Crippen LogP contribution in [-0.4, -0.2) is 24.0 Å². The minimum Gasteiger partial charge on any atom is -0.497 e. The molecular formula is C22H23NO2. The van der Waals surface area contributed by atoms with Gasteiger partial charge in [0.25, 0.3) is 5.91 Å². The van der Waals surface area contributed by atoms with Crippen LogP contribution in [0.2, 0.25) is 0 Å². The van der Waals surface area contributed by atoms with Crippen LogP contribution >= 0.6 is 0 Å². The number of hydrogen-bond acceptors (Lipinski definition) is 2. The number of hydrogen-bond donors (Lipinski definition) is 0. The third-order valence-electron chi connectivity index (χ3n) is 4.39. The van der Waals surface area contributed by atoms with Crippen LogP contribution in [0.3, 0.4) is 0 Å². The van der Waals surface area contributed by atoms with Gasteiger partial charge in [-0.25, -0.2) is 0 Å². The second-order valence-electron chi connectivity index (χ2n) is 6.44. The fraction of sp³-hybridized carbons (Fsp3) is 0.227. The average molecular weight is 333 g/mol. The van der Waals surface area contributed by atoms with E-state index < -0.39 is 0 Å². The van der Waals surface area contributed by atoms with Gasteiger partial charge in [0.05, 0.1) is 7.11 Å². The smallest absolute Gasteiger partial charge is 0.254 e. The Balaban J connectivity index is 1.86. The van der Waals surface area contributed by atoms with Crippen molar-refractivity contribution in [1.29, 1.82) is 0 Å². The van der Waals surface area contributed by atoms with E-state index in [1.54, 1.807) is 7.11 Å². The lowest BCUT2D eigenvalue weighted by atomic mass is 10.1. The average Bonchev–Trinajstić information content (AvgIpc) is 2.65. The first-order valence-electron chi connectivity index (χ1n) is 8.51. The Bertz CT molecular complexity index is 869. The largest absolute Gasteiger partial charge is 0.497 e. The van der Waals surface area contributed by atoms with Crippen molar-refractivity contribution in [3.63, 3.8) is 0 Å². The van der Waals surface area contributed by atoms with Gasteiger partial charge < -0.3 is 9.64 Å². The van der Waals surface area contributed by atoms with E-state index in [2.05, 4.69) is 6.07 Å². The number of fused-ring (bicyclic) bond motifs is 1. The molecule has 0 saturated carbocycles. The number of rotatable bonds is 5. The van der Waals surface area contributed by atoms with Crippen molar-refractivity contribution in [2.24, 2.45) is 0 Å². The molecule has 1 amide bonds. The van der Waals surface area contributed by atoms with Crippen molar-refractivity contribution in [1.82, 2.24) is 4.90 Å². The molecule has 3 aromatic carbocycles. The lowest BCUT2D eigenvalue weighted by Gasteiger charge is -2.27. The fourth-order valence-corrected chi connectivity index (χ4v) is 2.90. The third kappa shape index (κ3) is 3.82. The van der Waals surface area contributed by atoms with Gasteiger partial charge in [-0.3, -0.25) is 4.79 Å². The van der Waals surface area contributed by atoms with E-state index in [-0.39, 0.29) is 11.9 Å². The van der Waals surface area contributed by atoms with Crippen molar-refractivity contribution in [2.45, 2.75) is 26.4 Å². The summed E-state index contributed by atoms with van der Waals surface area (Å²) in [5, 5.41) is 2.23. The maximum absolute atomic E-state index is 13.1. The molecule has 0 unspecified atom stereocenters. The molecule has 0 radical (unpaired) electrons. The van der Waals surface area contributed by atoms with Gasteiger partial charge in [0.2, 0.25) is 0 Å². The van der Waals surface area contributed by atoms with E-state index in [9.17, 15) is 4.79 Å². The normalized spacial score (nSPS) is 10.9. The summed E-state index contributed by atoms with van der Waals surface area (Å²) >= 11 is 0. The second-order valence-corrected chi connectivity index (χ2v) is 6.44. The Labute approximate surface area is 148 Å². The highest BCUT2D eigenvalue weighted by Crippen LogP contribution is 2.20. The zero-order valence-corrected chi connectivity index (χ0v) is 14.9. The minimum absolute atomic E-state index is 0.0524. The first kappa shape index (κ1) is 17.0. The van der Waals surface area contributed by atoms with Gasteiger partial charge >= 0.3 is 0 Å². The summed E-state index contributed by atoms with van der Waals surface area (Å²) in [4.78, 5) is 15.0. The quantitative estimate of drug-likeness (QED) is 0.665. The van der Waals surface area contributed by atoms with Gasteiger partial charge in [-0.1, -0.05) is 42.5 Å². The van der Waals surface area contributed by atoms with Crippen molar-refractivity contribution >= 4 is 16.7 Å². The van der Waals surface area contributed by atoms with Gasteiger partial charge in [-0.15, -0.1) is 0 Å². The Kier molecular flexibility index (Phi) is 5.03. The van der Waals surface area contributed by atoms with Gasteiger partial charge in [0.1, 0.15) is 5.75 Å². The molecule has 0 atom stereocenters. The molecule has 3 heteroatoms. The van der Waals surface area contributed by atoms with Crippen molar-refractivity contribution in [3.05, 3.63) is 77.9 Å². The van der Waals surface area contributed by atoms with E-state index in [4.69, 9.17) is 4.74 Å². The third-order valence-corrected chi connectivity index (χ3v) is 4.39. The first-order chi connectivity index (χ1) is 12.1. The Morgan fingerprint density at radius 1 is 0.960 bits per heavy atom. The summed E-state index contributed by atoms with van der Waals surface area (Å²) in [6.45, 7) is 4.66. The van der Waals surface area contributed by atoms with Crippen LogP contribution in [0.1, 0.15) is 29.8 Å². The Morgan fingerprint density at radius 3 is 2.28 bits per heavy atom. The maximum atomic E-state index is 13.1. The highest BCUT2D eigenvalue weighted by Gasteiger charge is 2.19. The molecule has 0 bridgehead atoms. The maximum Gasteiger partial charge on any atom is 0.254 e. The van der Waals surface area contributed by atoms with E-state index in [0.29, 0.717) is 6.54 Å². The summed E-state index contributed by atoms with van der Waals surface area (Å²) in [5.74, 6) is 0.872. The lowest BCUT2D eigenvalue weighted by molar-refractivity contribution is 0.0690. The Hall–Kier alpha value is -2.81. The van der Waals surface area contributed by atoms with Crippen molar-refractivity contribution in [3.8, 4) is 5.75 Å². The van der Waals surface area contributed by atoms with Gasteiger partial charge in [-0.05, 0) is 54.4 Å². The molecule has 3 rings (SSSR count). The zero-order chi connectivity index (χ0) is 17.8. The van der Waals surface area contributed by atoms with Gasteiger partial charge in [0, 0.05) is 18.2 Å². The number of carbonyl (C=O) groups is 1. The van der Waals surface area contributed by atoms with Crippen LogP contribution in [0.4, 0.5) is 0 Å². The molecule has 128 valence electrons. The molecule has 0 fully saturated rings. The van der Waals surface area contributed by atoms with E-state index in [0.717, 1.165) is 27.6 Å². The van der Waals surface area contributed by atoms with Gasteiger partial charge in [-0.2, -0.15) is 0 Å². The van der Waals surface area contributed by atoms with Crippen molar-refractivity contribution < 1.29 is 9.53 Å². The van der Waals surface area contributed by atoms with Gasteiger partial charge in [0.15, 0.2) is 0 Å². The Morgan fingerprint density at radius 2 is 1.64 bits per heavy atom. The molecule has 0 spiro atoms. The number of nitrogens with zero attached hydrogens (tertiary/aromatic N) is 1. The molecule has 0 aliphatic rings. The predicted molar refractivity (Wildman–Crippen MR) is 102 cm³/mol. The SMILES string of the molecule is COc1ccc(CN(C(=O)c2ccc3ccccc3c2)C(C)C)cc1. The molecular weight excluding hydrogens is 310 g/mol. The molecule has 0 N–H and O–H groups in total. The highest BCUT2D eigenvalue weighted by molar-refractivity contribution is 5.98. The monoisotopic (exact) mass is 333 g/mol. The second kappa shape index (κ2) is 7.39. The number of methoxy groups -OCH3 is 1. The summed E-state index contributed by atoms with van der Waals surface area (Å²) in [5.41, 5.74) is 1.81. The minimum atomic E-state index is 0.0524. The number of ether oxygens (including phenoxy) is 1. The lowest BCUT2D eigenvalue weighted by Crippen LogP contribution is -2.36. The van der Waals surface area contributed by atoms with Crippen LogP contribution in [0.5, 0.6) is 5.75 Å². The van der Waals surface area contributed by atoms with E-state index in [1.807, 2.05) is 79.4 Å². The molecule has 25 heavy (non-hydrogen) atoms. The summed E-state index contributed by atoms with van der Waals surface area (Å²) < 4.78 is 5.20. The number of amides is 1. The standard InChI is InChI=1S/C22H23NO2/c1-16(2)23(15-17-8-12-21(25-3)13-9-17)22(24)20-11-10-18-6-4-5-7-19(18)14-20/h4-14,16H,15H2,1-3H3. The van der Waals surface area contributed by atoms with Crippen LogP contribution in [0.25, 0.3) is 10.8 Å². The molecule has 3 nitrogen and oxygen atoms in total. The first-order valence-corrected chi connectivity index (χ1v) is 8.51. The van der Waals surface area contributed by atoms with Crippen LogP contribution in [0.15, 0.2) is 66.7 Å². The number of carbonyl (C=O) groups excluding carboxylic acids is 1. The zero-order valence-electron chi connectivity index (χ0n) is 14.9. The summed E-state index contributed by atoms with van der Waals surface area (Å²) in [6.07, 6.45) is 0. The summed E-state index contributed by atoms with van der Waals surface area (Å²) in [7, 11) is 1.65. The van der Waals surface area contributed by atoms with Crippen LogP contribution in [0, 0.1) is 0 Å². The predicted octanol–water partition coefficient (Wildman–Crippen LogP) is 4.90. The number of benzene rings is 3. The van der Waals surface area contributed by atoms with E-state index >= 15 is 0 Å². The van der Waals surface area contributed by atoms with Crippen LogP contribution < -0.4 is 4.74 Å². The molecule has 0 aromatic heterocycles. The van der Waals surface area contributed by atoms with Crippen LogP contribution in [-0.2, 0) is 6.54 Å². The highest BCUT2D eigenvalue weighted by atomic mass is 16.5. The molecule has 0 saturated heterocycles. The molecule has 0 heterocycles. The summed E-state index contributed by atoms with van der Waals surface area (Å²) in [6, 6.07) is 22.0. The molecule has 0 aliphatic heterocycles. The fourth-order valence-electron chi connectivity index (χ4n) is 2.90. The topological polar surface area (TPSA) is 29.5 Å². The van der Waals surface area contributed by atoms with Crippen molar-refractivity contribution in [2.75, 3.05) is 7.11 Å². The molecule has 3 aromatic rings. The molecule has 0 aliphatic carbocycles. The van der Waals surface area contributed by atoms with E-state index in [1.165, 1.54) is 0 Å².